The van der Waals surface area contributed by atoms with Crippen LogP contribution in [0, 0.1) is 0 Å². The molecule has 1 aromatic carbocycles. The Hall–Kier alpha value is -1.57. The summed E-state index contributed by atoms with van der Waals surface area (Å²) >= 11 is 0. The molecule has 14 heavy (non-hydrogen) atoms. The third kappa shape index (κ3) is 1.84. The average molecular weight is 188 g/mol. The average Bonchev–Trinajstić information content (AvgIpc) is 2.65. The Morgan fingerprint density at radius 2 is 2.43 bits per heavy atom. The minimum Gasteiger partial charge on any atom is -0.278 e. The van der Waals surface area contributed by atoms with E-state index in [2.05, 4.69) is 47.5 Å². The molecule has 0 fully saturated rings. The summed E-state index contributed by atoms with van der Waals surface area (Å²) in [5.74, 6) is 0. The number of nitrogens with zero attached hydrogens (tertiary/aromatic N) is 1. The topological polar surface area (TPSA) is 28.7 Å². The molecule has 1 N–H and O–H groups in total. The van der Waals surface area contributed by atoms with Gasteiger partial charge >= 0.3 is 0 Å². The van der Waals surface area contributed by atoms with Crippen LogP contribution in [0.1, 0.15) is 26.8 Å². The largest absolute Gasteiger partial charge is 0.278 e. The molecule has 0 unspecified atom stereocenters. The van der Waals surface area contributed by atoms with Crippen molar-refractivity contribution in [2.24, 2.45) is 0 Å². The lowest BCUT2D eigenvalue weighted by atomic mass is 10.1. The molecule has 0 amide bonds. The zero-order chi connectivity index (χ0) is 9.80. The molecule has 2 aromatic rings. The molecule has 2 rings (SSSR count). The van der Waals surface area contributed by atoms with E-state index >= 15 is 0 Å². The number of H-pyrrole nitrogens is 1. The van der Waals surface area contributed by atoms with Gasteiger partial charge < -0.3 is 0 Å². The van der Waals surface area contributed by atoms with Crippen LogP contribution < -0.4 is 0 Å². The van der Waals surface area contributed by atoms with Crippen LogP contribution in [0.25, 0.3) is 17.0 Å². The van der Waals surface area contributed by atoms with Crippen LogP contribution in [0.5, 0.6) is 0 Å². The lowest BCUT2D eigenvalue weighted by Gasteiger charge is -1.93. The number of unbranched alkanes of at least 4 members (excludes halogenated alkanes) is 1. The monoisotopic (exact) mass is 188 g/mol. The van der Waals surface area contributed by atoms with E-state index in [9.17, 15) is 0 Å². The molecule has 0 aliphatic carbocycles. The van der Waals surface area contributed by atoms with Crippen molar-refractivity contribution in [1.29, 1.82) is 0 Å². The molecule has 0 atom stereocenters. The van der Waals surface area contributed by atoms with Gasteiger partial charge in [0.05, 0.1) is 11.7 Å². The van der Waals surface area contributed by atoms with E-state index in [1.54, 1.807) is 0 Å². The molecule has 0 aliphatic rings. The summed E-state index contributed by atoms with van der Waals surface area (Å²) < 4.78 is 0. The predicted octanol–water partition coefficient (Wildman–Crippen LogP) is 3.62. The smallest absolute Gasteiger partial charge is 0.0656 e. The first-order chi connectivity index (χ1) is 6.90. The van der Waals surface area contributed by atoms with Crippen molar-refractivity contribution in [1.82, 2.24) is 10.2 Å². The summed E-state index contributed by atoms with van der Waals surface area (Å²) in [6.07, 6.45) is 8.54. The summed E-state index contributed by atoms with van der Waals surface area (Å²) in [4.78, 5) is 0. The van der Waals surface area contributed by atoms with Gasteiger partial charge in [0.15, 0.2) is 0 Å². The lowest BCUT2D eigenvalue weighted by Crippen LogP contribution is -1.73. The molecule has 0 saturated heterocycles. The van der Waals surface area contributed by atoms with E-state index in [-0.39, 0.29) is 1.43 Å². The molecule has 2 heteroatoms. The van der Waals surface area contributed by atoms with Crippen molar-refractivity contribution in [3.63, 3.8) is 0 Å². The van der Waals surface area contributed by atoms with E-state index in [4.69, 9.17) is 0 Å². The van der Waals surface area contributed by atoms with Crippen molar-refractivity contribution in [3.8, 4) is 0 Å². The van der Waals surface area contributed by atoms with Gasteiger partial charge in [-0.15, -0.1) is 0 Å². The van der Waals surface area contributed by atoms with Crippen LogP contribution in [0.3, 0.4) is 0 Å². The number of hydrogen-bond acceptors (Lipinski definition) is 1. The first-order valence-electron chi connectivity index (χ1n) is 5.00. The Bertz CT molecular complexity index is 446. The number of hydrogen-bond donors (Lipinski definition) is 1. The molecule has 0 bridgehead atoms. The highest BCUT2D eigenvalue weighted by atomic mass is 15.1. The summed E-state index contributed by atoms with van der Waals surface area (Å²) in [6, 6.07) is 6.32. The van der Waals surface area contributed by atoms with Crippen LogP contribution in [-0.4, -0.2) is 10.2 Å². The number of nitrogens with one attached hydrogen (secondary N) is 1. The summed E-state index contributed by atoms with van der Waals surface area (Å²) in [5.41, 5.74) is 2.33. The number of allylic oxidation sites excluding steroid dienone is 1. The molecule has 1 aromatic heterocycles. The van der Waals surface area contributed by atoms with Crippen LogP contribution in [-0.2, 0) is 0 Å². The number of aromatic amines is 1. The van der Waals surface area contributed by atoms with Gasteiger partial charge in [0.1, 0.15) is 0 Å². The van der Waals surface area contributed by atoms with Gasteiger partial charge in [-0.2, -0.15) is 5.10 Å². The maximum atomic E-state index is 3.99. The molecular formula is C12H16N2. The maximum absolute atomic E-state index is 3.99. The Balaban J connectivity index is 0.00000112. The minimum absolute atomic E-state index is 0. The zero-order valence-electron chi connectivity index (χ0n) is 8.33. The zero-order valence-corrected chi connectivity index (χ0v) is 8.33. The first-order valence-corrected chi connectivity index (χ1v) is 5.00. The number of aromatic nitrogens is 2. The van der Waals surface area contributed by atoms with E-state index in [1.165, 1.54) is 12.0 Å². The predicted molar refractivity (Wildman–Crippen MR) is 62.1 cm³/mol. The van der Waals surface area contributed by atoms with Crippen molar-refractivity contribution >= 4 is 17.0 Å². The Labute approximate surface area is 85.1 Å². The fraction of sp³-hybridized carbons (Fsp3) is 0.250. The van der Waals surface area contributed by atoms with Gasteiger partial charge in [-0.05, 0) is 18.1 Å². The maximum Gasteiger partial charge on any atom is 0.0656 e. The SMILES string of the molecule is CCC/C=C/c1ccc2cn[nH]c2c1.[HH]. The normalized spacial score (nSPS) is 11.5. The van der Waals surface area contributed by atoms with E-state index in [0.29, 0.717) is 0 Å². The number of fused-ring (bicyclic) bond motifs is 1. The van der Waals surface area contributed by atoms with Gasteiger partial charge in [0.2, 0.25) is 0 Å². The quantitative estimate of drug-likeness (QED) is 0.783. The van der Waals surface area contributed by atoms with Gasteiger partial charge in [-0.25, -0.2) is 0 Å². The van der Waals surface area contributed by atoms with Gasteiger partial charge in [-0.1, -0.05) is 37.6 Å². The molecular weight excluding hydrogens is 172 g/mol. The molecule has 0 saturated carbocycles. The highest BCUT2D eigenvalue weighted by Gasteiger charge is 1.94. The fourth-order valence-corrected chi connectivity index (χ4v) is 1.44. The highest BCUT2D eigenvalue weighted by molar-refractivity contribution is 5.80. The van der Waals surface area contributed by atoms with Gasteiger partial charge in [0.25, 0.3) is 0 Å². The van der Waals surface area contributed by atoms with Gasteiger partial charge in [0, 0.05) is 6.81 Å². The van der Waals surface area contributed by atoms with Crippen molar-refractivity contribution in [2.45, 2.75) is 19.8 Å². The molecule has 0 spiro atoms. The van der Waals surface area contributed by atoms with Gasteiger partial charge in [-0.3, -0.25) is 5.10 Å². The third-order valence-electron chi connectivity index (χ3n) is 2.23. The summed E-state index contributed by atoms with van der Waals surface area (Å²) in [6.45, 7) is 2.18. The van der Waals surface area contributed by atoms with Crippen LogP contribution >= 0.6 is 0 Å². The van der Waals surface area contributed by atoms with E-state index in [0.717, 1.165) is 17.3 Å². The standard InChI is InChI=1S/C12H14N2.H2/c1-2-3-4-5-10-6-7-11-9-13-14-12(11)8-10;/h4-9H,2-3H2,1H3,(H,13,14);1H/b5-4+;. The minimum atomic E-state index is 0. The third-order valence-corrected chi connectivity index (χ3v) is 2.23. The summed E-state index contributed by atoms with van der Waals surface area (Å²) in [7, 11) is 0. The van der Waals surface area contributed by atoms with Crippen LogP contribution in [0.15, 0.2) is 30.5 Å². The Morgan fingerprint density at radius 1 is 1.50 bits per heavy atom. The van der Waals surface area contributed by atoms with Crippen molar-refractivity contribution < 1.29 is 1.43 Å². The van der Waals surface area contributed by atoms with E-state index < -0.39 is 0 Å². The van der Waals surface area contributed by atoms with Crippen LogP contribution in [0.4, 0.5) is 0 Å². The Morgan fingerprint density at radius 3 is 3.29 bits per heavy atom. The van der Waals surface area contributed by atoms with E-state index in [1.807, 2.05) is 6.20 Å². The molecule has 74 valence electrons. The highest BCUT2D eigenvalue weighted by Crippen LogP contribution is 2.13. The second kappa shape index (κ2) is 4.09. The van der Waals surface area contributed by atoms with Crippen molar-refractivity contribution in [3.05, 3.63) is 36.0 Å². The molecule has 0 aliphatic heterocycles. The second-order valence-electron chi connectivity index (χ2n) is 3.41. The summed E-state index contributed by atoms with van der Waals surface area (Å²) in [5, 5.41) is 8.12. The lowest BCUT2D eigenvalue weighted by molar-refractivity contribution is 0.962. The number of rotatable bonds is 3. The first kappa shape index (κ1) is 9.00. The molecule has 2 nitrogen and oxygen atoms in total. The second-order valence-corrected chi connectivity index (χ2v) is 3.41. The van der Waals surface area contributed by atoms with Crippen molar-refractivity contribution in [2.75, 3.05) is 0 Å². The van der Waals surface area contributed by atoms with Crippen LogP contribution in [0.2, 0.25) is 0 Å². The molecule has 1 heterocycles. The Kier molecular flexibility index (Phi) is 2.63. The molecule has 0 radical (unpaired) electrons. The fourth-order valence-electron chi connectivity index (χ4n) is 1.44. The number of benzene rings is 1.